The van der Waals surface area contributed by atoms with Crippen LogP contribution in [0.25, 0.3) is 0 Å². The molecular weight excluding hydrogens is 266 g/mol. The van der Waals surface area contributed by atoms with Crippen LogP contribution in [0.15, 0.2) is 42.7 Å². The van der Waals surface area contributed by atoms with Crippen LogP contribution in [-0.2, 0) is 13.6 Å². The Balaban J connectivity index is 1.88. The first kappa shape index (κ1) is 14.8. The molecule has 110 valence electrons. The van der Waals surface area contributed by atoms with E-state index in [0.717, 1.165) is 17.0 Å². The number of carbonyl (C=O) groups is 1. The number of benzene rings is 1. The van der Waals surface area contributed by atoms with E-state index in [2.05, 4.69) is 10.4 Å². The van der Waals surface area contributed by atoms with Gasteiger partial charge in [-0.15, -0.1) is 0 Å². The van der Waals surface area contributed by atoms with Gasteiger partial charge in [0, 0.05) is 42.7 Å². The lowest BCUT2D eigenvalue weighted by molar-refractivity contribution is 0.104. The highest BCUT2D eigenvalue weighted by Gasteiger charge is 2.03. The van der Waals surface area contributed by atoms with Crippen molar-refractivity contribution in [2.45, 2.75) is 13.5 Å². The first-order valence-corrected chi connectivity index (χ1v) is 6.67. The third-order valence-electron chi connectivity index (χ3n) is 3.36. The van der Waals surface area contributed by atoms with Crippen LogP contribution >= 0.6 is 0 Å². The molecule has 0 aliphatic rings. The average molecular weight is 285 g/mol. The van der Waals surface area contributed by atoms with Crippen LogP contribution in [0, 0.1) is 6.92 Å². The molecule has 0 aliphatic heterocycles. The SMILES string of the molecule is COc1ccc(C(=O)/C=C/NCc2cnn(C)c2C)cc1. The summed E-state index contributed by atoms with van der Waals surface area (Å²) in [6, 6.07) is 7.04. The number of carbonyl (C=O) groups excluding carboxylic acids is 1. The Bertz CT molecular complexity index is 642. The second-order valence-corrected chi connectivity index (χ2v) is 4.69. The van der Waals surface area contributed by atoms with Crippen molar-refractivity contribution in [2.24, 2.45) is 7.05 Å². The Hall–Kier alpha value is -2.56. The van der Waals surface area contributed by atoms with Crippen LogP contribution in [0.5, 0.6) is 5.75 Å². The normalized spacial score (nSPS) is 10.8. The van der Waals surface area contributed by atoms with Gasteiger partial charge in [-0.3, -0.25) is 9.48 Å². The van der Waals surface area contributed by atoms with E-state index >= 15 is 0 Å². The summed E-state index contributed by atoms with van der Waals surface area (Å²) in [7, 11) is 3.50. The minimum atomic E-state index is -0.0481. The maximum Gasteiger partial charge on any atom is 0.187 e. The predicted octanol–water partition coefficient (Wildman–Crippen LogP) is 2.22. The number of nitrogens with one attached hydrogen (secondary N) is 1. The second kappa shape index (κ2) is 6.74. The molecule has 1 N–H and O–H groups in total. The van der Waals surface area contributed by atoms with Crippen LogP contribution in [0.1, 0.15) is 21.6 Å². The maximum absolute atomic E-state index is 11.9. The lowest BCUT2D eigenvalue weighted by Gasteiger charge is -2.01. The van der Waals surface area contributed by atoms with E-state index in [4.69, 9.17) is 4.74 Å². The van der Waals surface area contributed by atoms with Gasteiger partial charge in [-0.1, -0.05) is 0 Å². The van der Waals surface area contributed by atoms with Crippen molar-refractivity contribution in [3.05, 3.63) is 59.6 Å². The summed E-state index contributed by atoms with van der Waals surface area (Å²) in [6.07, 6.45) is 5.01. The zero-order chi connectivity index (χ0) is 15.2. The molecule has 2 rings (SSSR count). The molecule has 2 aromatic rings. The van der Waals surface area contributed by atoms with Gasteiger partial charge in [-0.05, 0) is 31.2 Å². The quantitative estimate of drug-likeness (QED) is 0.653. The van der Waals surface area contributed by atoms with Crippen molar-refractivity contribution >= 4 is 5.78 Å². The van der Waals surface area contributed by atoms with Gasteiger partial charge in [0.15, 0.2) is 5.78 Å². The zero-order valence-electron chi connectivity index (χ0n) is 12.5. The first-order chi connectivity index (χ1) is 10.1. The molecule has 1 heterocycles. The topological polar surface area (TPSA) is 56.1 Å². The highest BCUT2D eigenvalue weighted by Crippen LogP contribution is 2.12. The van der Waals surface area contributed by atoms with E-state index in [1.807, 2.05) is 24.9 Å². The van der Waals surface area contributed by atoms with Crippen molar-refractivity contribution in [3.8, 4) is 5.75 Å². The highest BCUT2D eigenvalue weighted by molar-refractivity contribution is 6.04. The summed E-state index contributed by atoms with van der Waals surface area (Å²) < 4.78 is 6.88. The van der Waals surface area contributed by atoms with Crippen molar-refractivity contribution < 1.29 is 9.53 Å². The van der Waals surface area contributed by atoms with Crippen LogP contribution in [0.4, 0.5) is 0 Å². The fourth-order valence-electron chi connectivity index (χ4n) is 1.87. The Morgan fingerprint density at radius 3 is 2.67 bits per heavy atom. The van der Waals surface area contributed by atoms with Crippen molar-refractivity contribution in [2.75, 3.05) is 7.11 Å². The van der Waals surface area contributed by atoms with Gasteiger partial charge in [-0.25, -0.2) is 0 Å². The van der Waals surface area contributed by atoms with Crippen molar-refractivity contribution in [1.29, 1.82) is 0 Å². The van der Waals surface area contributed by atoms with Gasteiger partial charge < -0.3 is 10.1 Å². The second-order valence-electron chi connectivity index (χ2n) is 4.69. The van der Waals surface area contributed by atoms with Gasteiger partial charge in [0.2, 0.25) is 0 Å². The number of ether oxygens (including phenoxy) is 1. The molecule has 0 saturated carbocycles. The molecular formula is C16H19N3O2. The summed E-state index contributed by atoms with van der Waals surface area (Å²) in [6.45, 7) is 2.66. The molecule has 0 amide bonds. The summed E-state index contributed by atoms with van der Waals surface area (Å²) >= 11 is 0. The van der Waals surface area contributed by atoms with E-state index in [-0.39, 0.29) is 5.78 Å². The molecule has 1 aromatic heterocycles. The number of allylic oxidation sites excluding steroid dienone is 1. The third kappa shape index (κ3) is 3.72. The summed E-state index contributed by atoms with van der Waals surface area (Å²) in [5.41, 5.74) is 2.85. The van der Waals surface area contributed by atoms with E-state index in [1.54, 1.807) is 37.6 Å². The number of hydrogen-bond donors (Lipinski definition) is 1. The smallest absolute Gasteiger partial charge is 0.187 e. The molecule has 0 spiro atoms. The minimum absolute atomic E-state index is 0.0481. The summed E-state index contributed by atoms with van der Waals surface area (Å²) in [5.74, 6) is 0.689. The van der Waals surface area contributed by atoms with E-state index in [9.17, 15) is 4.79 Å². The molecule has 0 atom stereocenters. The third-order valence-corrected chi connectivity index (χ3v) is 3.36. The molecule has 5 heteroatoms. The molecule has 1 aromatic carbocycles. The monoisotopic (exact) mass is 285 g/mol. The number of ketones is 1. The fraction of sp³-hybridized carbons (Fsp3) is 0.250. The van der Waals surface area contributed by atoms with Gasteiger partial charge in [0.1, 0.15) is 5.75 Å². The molecule has 0 saturated heterocycles. The highest BCUT2D eigenvalue weighted by atomic mass is 16.5. The van der Waals surface area contributed by atoms with Crippen LogP contribution in [0.2, 0.25) is 0 Å². The van der Waals surface area contributed by atoms with Crippen molar-refractivity contribution in [1.82, 2.24) is 15.1 Å². The number of aryl methyl sites for hydroxylation is 1. The number of hydrogen-bond acceptors (Lipinski definition) is 4. The van der Waals surface area contributed by atoms with Gasteiger partial charge >= 0.3 is 0 Å². The fourth-order valence-corrected chi connectivity index (χ4v) is 1.87. The van der Waals surface area contributed by atoms with Gasteiger partial charge in [-0.2, -0.15) is 5.10 Å². The lowest BCUT2D eigenvalue weighted by Crippen LogP contribution is -2.07. The van der Waals surface area contributed by atoms with E-state index in [0.29, 0.717) is 12.1 Å². The van der Waals surface area contributed by atoms with Crippen LogP contribution in [-0.4, -0.2) is 22.7 Å². The summed E-state index contributed by atoms with van der Waals surface area (Å²) in [4.78, 5) is 11.9. The molecule has 0 bridgehead atoms. The molecule has 21 heavy (non-hydrogen) atoms. The van der Waals surface area contributed by atoms with Gasteiger partial charge in [0.25, 0.3) is 0 Å². The Kier molecular flexibility index (Phi) is 4.77. The molecule has 5 nitrogen and oxygen atoms in total. The van der Waals surface area contributed by atoms with E-state index < -0.39 is 0 Å². The number of nitrogens with zero attached hydrogens (tertiary/aromatic N) is 2. The summed E-state index contributed by atoms with van der Waals surface area (Å²) in [5, 5.41) is 7.27. The Morgan fingerprint density at radius 2 is 2.10 bits per heavy atom. The minimum Gasteiger partial charge on any atom is -0.497 e. The largest absolute Gasteiger partial charge is 0.497 e. The maximum atomic E-state index is 11.9. The average Bonchev–Trinajstić information content (AvgIpc) is 2.83. The van der Waals surface area contributed by atoms with E-state index in [1.165, 1.54) is 6.08 Å². The number of aromatic nitrogens is 2. The van der Waals surface area contributed by atoms with Crippen molar-refractivity contribution in [3.63, 3.8) is 0 Å². The first-order valence-electron chi connectivity index (χ1n) is 6.67. The standard InChI is InChI=1S/C16H19N3O2/c1-12-14(11-18-19(12)2)10-17-9-8-16(20)13-4-6-15(21-3)7-5-13/h4-9,11,17H,10H2,1-3H3/b9-8+. The Morgan fingerprint density at radius 1 is 1.38 bits per heavy atom. The van der Waals surface area contributed by atoms with Crippen LogP contribution < -0.4 is 10.1 Å². The lowest BCUT2D eigenvalue weighted by atomic mass is 10.1. The zero-order valence-corrected chi connectivity index (χ0v) is 12.5. The molecule has 0 unspecified atom stereocenters. The van der Waals surface area contributed by atoms with Gasteiger partial charge in [0.05, 0.1) is 13.3 Å². The molecule has 0 aliphatic carbocycles. The number of rotatable bonds is 6. The van der Waals surface area contributed by atoms with Crippen LogP contribution in [0.3, 0.4) is 0 Å². The Labute approximate surface area is 124 Å². The molecule has 0 fully saturated rings. The molecule has 0 radical (unpaired) electrons. The predicted molar refractivity (Wildman–Crippen MR) is 81.2 cm³/mol. The number of methoxy groups -OCH3 is 1.